The molecule has 0 saturated carbocycles. The van der Waals surface area contributed by atoms with Gasteiger partial charge in [0.1, 0.15) is 6.61 Å². The Morgan fingerprint density at radius 3 is 2.30 bits per heavy atom. The Kier molecular flexibility index (Phi) is 4.57. The van der Waals surface area contributed by atoms with Crippen molar-refractivity contribution in [1.82, 2.24) is 0 Å². The van der Waals surface area contributed by atoms with Gasteiger partial charge in [0.15, 0.2) is 5.78 Å². The molecule has 0 amide bonds. The second-order valence-corrected chi connectivity index (χ2v) is 4.21. The van der Waals surface area contributed by atoms with Crippen LogP contribution in [0.3, 0.4) is 0 Å². The summed E-state index contributed by atoms with van der Waals surface area (Å²) in [5.74, 6) is -0.0903. The monoisotopic (exact) mass is 271 g/mol. The first kappa shape index (κ1) is 13.9. The Hall–Kier alpha value is -2.53. The zero-order valence-corrected chi connectivity index (χ0v) is 10.7. The molecule has 102 valence electrons. The molecule has 0 radical (unpaired) electrons. The molecule has 0 spiro atoms. The van der Waals surface area contributed by atoms with E-state index >= 15 is 0 Å². The molecule has 0 N–H and O–H groups in total. The molecule has 20 heavy (non-hydrogen) atoms. The molecule has 0 fully saturated rings. The van der Waals surface area contributed by atoms with E-state index < -0.39 is 4.92 Å². The maximum Gasteiger partial charge on any atom is 0.269 e. The molecule has 0 atom stereocenters. The lowest BCUT2D eigenvalue weighted by Gasteiger charge is -2.04. The van der Waals surface area contributed by atoms with Crippen molar-refractivity contribution in [3.63, 3.8) is 0 Å². The van der Waals surface area contributed by atoms with Gasteiger partial charge in [-0.05, 0) is 17.7 Å². The van der Waals surface area contributed by atoms with E-state index in [9.17, 15) is 14.9 Å². The van der Waals surface area contributed by atoms with Crippen molar-refractivity contribution in [1.29, 1.82) is 0 Å². The molecular weight excluding hydrogens is 258 g/mol. The summed E-state index contributed by atoms with van der Waals surface area (Å²) < 4.78 is 5.32. The van der Waals surface area contributed by atoms with Gasteiger partial charge in [-0.3, -0.25) is 14.9 Å². The van der Waals surface area contributed by atoms with Gasteiger partial charge in [-0.25, -0.2) is 0 Å². The third-order valence-electron chi connectivity index (χ3n) is 2.74. The van der Waals surface area contributed by atoms with E-state index in [1.54, 1.807) is 36.4 Å². The second kappa shape index (κ2) is 6.58. The second-order valence-electron chi connectivity index (χ2n) is 4.21. The zero-order chi connectivity index (χ0) is 14.4. The molecule has 0 saturated heterocycles. The number of ether oxygens (including phenoxy) is 1. The van der Waals surface area contributed by atoms with Crippen molar-refractivity contribution < 1.29 is 14.5 Å². The number of carbonyl (C=O) groups excluding carboxylic acids is 1. The predicted octanol–water partition coefficient (Wildman–Crippen LogP) is 2.99. The molecule has 2 aromatic carbocycles. The first-order valence-corrected chi connectivity index (χ1v) is 6.06. The lowest BCUT2D eigenvalue weighted by atomic mass is 10.1. The van der Waals surface area contributed by atoms with Crippen LogP contribution in [0.1, 0.15) is 15.9 Å². The SMILES string of the molecule is O=C(COCc1ccc([N+](=O)[O-])cc1)c1ccccc1. The van der Waals surface area contributed by atoms with Gasteiger partial charge >= 0.3 is 0 Å². The van der Waals surface area contributed by atoms with E-state index in [-0.39, 0.29) is 24.7 Å². The van der Waals surface area contributed by atoms with Gasteiger partial charge in [-0.1, -0.05) is 30.3 Å². The summed E-state index contributed by atoms with van der Waals surface area (Å²) in [6, 6.07) is 15.0. The number of nitro groups is 1. The average Bonchev–Trinajstić information content (AvgIpc) is 2.48. The fourth-order valence-corrected chi connectivity index (χ4v) is 1.68. The molecule has 0 aromatic heterocycles. The Morgan fingerprint density at radius 2 is 1.70 bits per heavy atom. The van der Waals surface area contributed by atoms with Crippen LogP contribution in [0.5, 0.6) is 0 Å². The first-order chi connectivity index (χ1) is 9.66. The average molecular weight is 271 g/mol. The third kappa shape index (κ3) is 3.73. The minimum Gasteiger partial charge on any atom is -0.369 e. The number of Topliss-reactive ketones (excluding diaryl/α,β-unsaturated/α-hetero) is 1. The summed E-state index contributed by atoms with van der Waals surface area (Å²) in [5.41, 5.74) is 1.43. The lowest BCUT2D eigenvalue weighted by molar-refractivity contribution is -0.384. The Morgan fingerprint density at radius 1 is 1.05 bits per heavy atom. The number of rotatable bonds is 6. The van der Waals surface area contributed by atoms with Crippen molar-refractivity contribution >= 4 is 11.5 Å². The quantitative estimate of drug-likeness (QED) is 0.460. The van der Waals surface area contributed by atoms with Gasteiger partial charge in [-0.15, -0.1) is 0 Å². The highest BCUT2D eigenvalue weighted by atomic mass is 16.6. The maximum absolute atomic E-state index is 11.8. The van der Waals surface area contributed by atoms with Crippen LogP contribution in [-0.2, 0) is 11.3 Å². The van der Waals surface area contributed by atoms with Crippen LogP contribution >= 0.6 is 0 Å². The zero-order valence-electron chi connectivity index (χ0n) is 10.7. The summed E-state index contributed by atoms with van der Waals surface area (Å²) >= 11 is 0. The van der Waals surface area contributed by atoms with Crippen LogP contribution in [-0.4, -0.2) is 17.3 Å². The van der Waals surface area contributed by atoms with Gasteiger partial charge in [0.25, 0.3) is 5.69 Å². The number of nitrogens with zero attached hydrogens (tertiary/aromatic N) is 1. The topological polar surface area (TPSA) is 69.4 Å². The highest BCUT2D eigenvalue weighted by Gasteiger charge is 2.06. The number of hydrogen-bond acceptors (Lipinski definition) is 4. The van der Waals surface area contributed by atoms with Crippen molar-refractivity contribution in [3.8, 4) is 0 Å². The maximum atomic E-state index is 11.8. The summed E-state index contributed by atoms with van der Waals surface area (Å²) in [7, 11) is 0. The lowest BCUT2D eigenvalue weighted by Crippen LogP contribution is -2.08. The van der Waals surface area contributed by atoms with Gasteiger partial charge in [0.05, 0.1) is 11.5 Å². The summed E-state index contributed by atoms with van der Waals surface area (Å²) in [6.45, 7) is 0.234. The normalized spacial score (nSPS) is 10.2. The van der Waals surface area contributed by atoms with Crippen LogP contribution in [0.4, 0.5) is 5.69 Å². The molecule has 0 heterocycles. The fourth-order valence-electron chi connectivity index (χ4n) is 1.68. The molecule has 5 heteroatoms. The molecule has 0 bridgehead atoms. The van der Waals surface area contributed by atoms with E-state index in [0.717, 1.165) is 5.56 Å². The largest absolute Gasteiger partial charge is 0.369 e. The van der Waals surface area contributed by atoms with Crippen LogP contribution in [0, 0.1) is 10.1 Å². The third-order valence-corrected chi connectivity index (χ3v) is 2.74. The Balaban J connectivity index is 1.84. The van der Waals surface area contributed by atoms with Gasteiger partial charge in [-0.2, -0.15) is 0 Å². The summed E-state index contributed by atoms with van der Waals surface area (Å²) in [5, 5.41) is 10.5. The number of carbonyl (C=O) groups is 1. The number of ketones is 1. The number of benzene rings is 2. The highest BCUT2D eigenvalue weighted by molar-refractivity contribution is 5.96. The van der Waals surface area contributed by atoms with Crippen LogP contribution in [0.25, 0.3) is 0 Å². The first-order valence-electron chi connectivity index (χ1n) is 6.06. The van der Waals surface area contributed by atoms with E-state index in [2.05, 4.69) is 0 Å². The van der Waals surface area contributed by atoms with E-state index in [4.69, 9.17) is 4.74 Å². The summed E-state index contributed by atoms with van der Waals surface area (Å²) in [6.07, 6.45) is 0. The van der Waals surface area contributed by atoms with E-state index in [1.165, 1.54) is 12.1 Å². The van der Waals surface area contributed by atoms with Crippen LogP contribution in [0.15, 0.2) is 54.6 Å². The summed E-state index contributed by atoms with van der Waals surface area (Å²) in [4.78, 5) is 21.8. The molecular formula is C15H13NO4. The minimum absolute atomic E-state index is 0.0129. The van der Waals surface area contributed by atoms with Crippen molar-refractivity contribution in [2.75, 3.05) is 6.61 Å². The highest BCUT2D eigenvalue weighted by Crippen LogP contribution is 2.12. The fraction of sp³-hybridized carbons (Fsp3) is 0.133. The number of hydrogen-bond donors (Lipinski definition) is 0. The van der Waals surface area contributed by atoms with Crippen LogP contribution in [0.2, 0.25) is 0 Å². The van der Waals surface area contributed by atoms with Crippen LogP contribution < -0.4 is 0 Å². The van der Waals surface area contributed by atoms with Gasteiger partial charge in [0, 0.05) is 17.7 Å². The Labute approximate surface area is 116 Å². The predicted molar refractivity (Wildman–Crippen MR) is 73.5 cm³/mol. The number of nitro benzene ring substituents is 1. The molecule has 2 aromatic rings. The standard InChI is InChI=1S/C15H13NO4/c17-15(13-4-2-1-3-5-13)11-20-10-12-6-8-14(9-7-12)16(18)19/h1-9H,10-11H2. The molecule has 0 aliphatic heterocycles. The van der Waals surface area contributed by atoms with Gasteiger partial charge in [0.2, 0.25) is 0 Å². The molecule has 0 aliphatic rings. The minimum atomic E-state index is -0.455. The van der Waals surface area contributed by atoms with Crippen molar-refractivity contribution in [3.05, 3.63) is 75.8 Å². The molecule has 2 rings (SSSR count). The van der Waals surface area contributed by atoms with E-state index in [0.29, 0.717) is 5.56 Å². The number of non-ortho nitro benzene ring substituents is 1. The molecule has 5 nitrogen and oxygen atoms in total. The van der Waals surface area contributed by atoms with E-state index in [1.807, 2.05) is 6.07 Å². The van der Waals surface area contributed by atoms with Gasteiger partial charge < -0.3 is 4.74 Å². The molecule has 0 aliphatic carbocycles. The Bertz CT molecular complexity index is 593. The molecule has 0 unspecified atom stereocenters. The van der Waals surface area contributed by atoms with Crippen molar-refractivity contribution in [2.45, 2.75) is 6.61 Å². The smallest absolute Gasteiger partial charge is 0.269 e. The van der Waals surface area contributed by atoms with Crippen molar-refractivity contribution in [2.24, 2.45) is 0 Å².